The fourth-order valence-electron chi connectivity index (χ4n) is 2.84. The van der Waals surface area contributed by atoms with Crippen molar-refractivity contribution in [3.63, 3.8) is 0 Å². The molecule has 0 bridgehead atoms. The van der Waals surface area contributed by atoms with E-state index in [1.54, 1.807) is 30.3 Å². The third-order valence-electron chi connectivity index (χ3n) is 4.40. The zero-order valence-corrected chi connectivity index (χ0v) is 14.8. The van der Waals surface area contributed by atoms with Gasteiger partial charge in [0.2, 0.25) is 0 Å². The van der Waals surface area contributed by atoms with Gasteiger partial charge in [0.05, 0.1) is 11.1 Å². The lowest BCUT2D eigenvalue weighted by Crippen LogP contribution is -2.38. The van der Waals surface area contributed by atoms with Gasteiger partial charge in [0.15, 0.2) is 0 Å². The molecule has 1 aromatic heterocycles. The van der Waals surface area contributed by atoms with Crippen LogP contribution in [0.3, 0.4) is 0 Å². The van der Waals surface area contributed by atoms with Gasteiger partial charge in [-0.3, -0.25) is 14.6 Å². The summed E-state index contributed by atoms with van der Waals surface area (Å²) in [7, 11) is 0. The van der Waals surface area contributed by atoms with Crippen molar-refractivity contribution >= 4 is 29.1 Å². The van der Waals surface area contributed by atoms with Crippen molar-refractivity contribution in [2.75, 3.05) is 18.4 Å². The highest BCUT2D eigenvalue weighted by Crippen LogP contribution is 2.19. The quantitative estimate of drug-likeness (QED) is 0.907. The molecule has 1 N–H and O–H groups in total. The number of halogens is 1. The van der Waals surface area contributed by atoms with Crippen LogP contribution in [0.5, 0.6) is 0 Å². The highest BCUT2D eigenvalue weighted by atomic mass is 35.5. The zero-order chi connectivity index (χ0) is 17.8. The van der Waals surface area contributed by atoms with Crippen molar-refractivity contribution in [2.45, 2.75) is 19.8 Å². The summed E-state index contributed by atoms with van der Waals surface area (Å²) in [5.41, 5.74) is 1.38. The molecule has 1 aliphatic rings. The Hall–Kier alpha value is -2.40. The summed E-state index contributed by atoms with van der Waals surface area (Å²) in [6.07, 6.45) is 4.98. The van der Waals surface area contributed by atoms with Gasteiger partial charge in [-0.25, -0.2) is 0 Å². The van der Waals surface area contributed by atoms with Crippen LogP contribution in [0, 0.1) is 5.92 Å². The van der Waals surface area contributed by atoms with Gasteiger partial charge in [-0.2, -0.15) is 0 Å². The molecule has 1 aromatic carbocycles. The number of amides is 2. The minimum atomic E-state index is -0.323. The molecular formula is C19H20ClN3O2. The first-order valence-corrected chi connectivity index (χ1v) is 8.72. The van der Waals surface area contributed by atoms with Gasteiger partial charge in [-0.05, 0) is 43.0 Å². The first kappa shape index (κ1) is 17.4. The Labute approximate surface area is 152 Å². The molecule has 2 heterocycles. The normalized spacial score (nSPS) is 15.0. The van der Waals surface area contributed by atoms with Crippen LogP contribution >= 0.6 is 11.6 Å². The van der Waals surface area contributed by atoms with Gasteiger partial charge in [0, 0.05) is 36.2 Å². The average molecular weight is 358 g/mol. The molecule has 0 saturated carbocycles. The molecule has 2 aromatic rings. The van der Waals surface area contributed by atoms with Crippen molar-refractivity contribution in [2.24, 2.45) is 5.92 Å². The van der Waals surface area contributed by atoms with Crippen molar-refractivity contribution in [1.82, 2.24) is 9.88 Å². The molecule has 0 radical (unpaired) electrons. The molecule has 2 amide bonds. The molecule has 130 valence electrons. The summed E-state index contributed by atoms with van der Waals surface area (Å²) in [6.45, 7) is 3.70. The third-order valence-corrected chi connectivity index (χ3v) is 4.64. The fourth-order valence-corrected chi connectivity index (χ4v) is 3.04. The fraction of sp³-hybridized carbons (Fsp3) is 0.316. The summed E-state index contributed by atoms with van der Waals surface area (Å²) in [5, 5.41) is 3.30. The van der Waals surface area contributed by atoms with E-state index in [4.69, 9.17) is 11.6 Å². The van der Waals surface area contributed by atoms with Crippen molar-refractivity contribution in [3.8, 4) is 0 Å². The largest absolute Gasteiger partial charge is 0.339 e. The minimum absolute atomic E-state index is 0.0724. The maximum Gasteiger partial charge on any atom is 0.257 e. The standard InChI is InChI=1S/C19H20ClN3O2/c1-13-5-7-23(8-6-13)19(25)15-9-14(11-21-12-15)18(24)22-17-4-2-3-16(20)10-17/h2-4,9-13H,5-8H2,1H3,(H,22,24). The highest BCUT2D eigenvalue weighted by Gasteiger charge is 2.22. The van der Waals surface area contributed by atoms with Crippen molar-refractivity contribution in [3.05, 3.63) is 58.9 Å². The van der Waals surface area contributed by atoms with E-state index in [1.807, 2.05) is 4.90 Å². The smallest absolute Gasteiger partial charge is 0.257 e. The van der Waals surface area contributed by atoms with Crippen LogP contribution in [-0.4, -0.2) is 34.8 Å². The number of aromatic nitrogens is 1. The summed E-state index contributed by atoms with van der Waals surface area (Å²) in [5.74, 6) is 0.255. The number of nitrogens with one attached hydrogen (secondary N) is 1. The summed E-state index contributed by atoms with van der Waals surface area (Å²) in [6, 6.07) is 8.50. The molecule has 0 unspecified atom stereocenters. The molecule has 0 aliphatic carbocycles. The van der Waals surface area contributed by atoms with Gasteiger partial charge in [0.25, 0.3) is 11.8 Å². The predicted octanol–water partition coefficient (Wildman–Crippen LogP) is 3.86. The number of anilines is 1. The highest BCUT2D eigenvalue weighted by molar-refractivity contribution is 6.31. The molecule has 0 spiro atoms. The van der Waals surface area contributed by atoms with Crippen LogP contribution < -0.4 is 5.32 Å². The summed E-state index contributed by atoms with van der Waals surface area (Å²) < 4.78 is 0. The molecular weight excluding hydrogens is 338 g/mol. The van der Waals surface area contributed by atoms with Crippen LogP contribution in [0.15, 0.2) is 42.7 Å². The number of piperidine rings is 1. The second-order valence-electron chi connectivity index (χ2n) is 6.40. The Morgan fingerprint density at radius 2 is 1.88 bits per heavy atom. The van der Waals surface area contributed by atoms with E-state index >= 15 is 0 Å². The number of hydrogen-bond donors (Lipinski definition) is 1. The Balaban J connectivity index is 1.72. The van der Waals surface area contributed by atoms with Crippen molar-refractivity contribution in [1.29, 1.82) is 0 Å². The molecule has 0 atom stereocenters. The first-order valence-electron chi connectivity index (χ1n) is 8.34. The number of nitrogens with zero attached hydrogens (tertiary/aromatic N) is 2. The maximum atomic E-state index is 12.6. The van der Waals surface area contributed by atoms with E-state index in [-0.39, 0.29) is 11.8 Å². The number of pyridine rings is 1. The second kappa shape index (κ2) is 7.66. The minimum Gasteiger partial charge on any atom is -0.339 e. The predicted molar refractivity (Wildman–Crippen MR) is 97.9 cm³/mol. The van der Waals surface area contributed by atoms with E-state index in [0.717, 1.165) is 25.9 Å². The number of carbonyl (C=O) groups is 2. The number of likely N-dealkylation sites (tertiary alicyclic amines) is 1. The monoisotopic (exact) mass is 357 g/mol. The maximum absolute atomic E-state index is 12.6. The van der Waals surface area contributed by atoms with Crippen LogP contribution in [0.2, 0.25) is 5.02 Å². The van der Waals surface area contributed by atoms with Gasteiger partial charge < -0.3 is 10.2 Å². The first-order chi connectivity index (χ1) is 12.0. The Morgan fingerprint density at radius 3 is 2.60 bits per heavy atom. The summed E-state index contributed by atoms with van der Waals surface area (Å²) in [4.78, 5) is 30.9. The summed E-state index contributed by atoms with van der Waals surface area (Å²) >= 11 is 5.92. The van der Waals surface area contributed by atoms with E-state index in [9.17, 15) is 9.59 Å². The number of rotatable bonds is 3. The lowest BCUT2D eigenvalue weighted by Gasteiger charge is -2.30. The van der Waals surface area contributed by atoms with E-state index in [1.165, 1.54) is 12.4 Å². The van der Waals surface area contributed by atoms with Crippen LogP contribution in [0.25, 0.3) is 0 Å². The Morgan fingerprint density at radius 1 is 1.16 bits per heavy atom. The lowest BCUT2D eigenvalue weighted by atomic mass is 9.98. The van der Waals surface area contributed by atoms with Crippen LogP contribution in [-0.2, 0) is 0 Å². The van der Waals surface area contributed by atoms with Crippen LogP contribution in [0.1, 0.15) is 40.5 Å². The van der Waals surface area contributed by atoms with Gasteiger partial charge in [-0.1, -0.05) is 24.6 Å². The van der Waals surface area contributed by atoms with Gasteiger partial charge in [-0.15, -0.1) is 0 Å². The molecule has 5 nitrogen and oxygen atoms in total. The molecule has 1 saturated heterocycles. The molecule has 6 heteroatoms. The zero-order valence-electron chi connectivity index (χ0n) is 14.0. The number of hydrogen-bond acceptors (Lipinski definition) is 3. The van der Waals surface area contributed by atoms with E-state index < -0.39 is 0 Å². The molecule has 25 heavy (non-hydrogen) atoms. The van der Waals surface area contributed by atoms with Crippen LogP contribution in [0.4, 0.5) is 5.69 Å². The number of carbonyl (C=O) groups excluding carboxylic acids is 2. The molecule has 1 fully saturated rings. The SMILES string of the molecule is CC1CCN(C(=O)c2cncc(C(=O)Nc3cccc(Cl)c3)c2)CC1. The third kappa shape index (κ3) is 4.37. The Kier molecular flexibility index (Phi) is 5.34. The van der Waals surface area contributed by atoms with E-state index in [0.29, 0.717) is 27.8 Å². The molecule has 1 aliphatic heterocycles. The van der Waals surface area contributed by atoms with E-state index in [2.05, 4.69) is 17.2 Å². The van der Waals surface area contributed by atoms with Crippen molar-refractivity contribution < 1.29 is 9.59 Å². The Bertz CT molecular complexity index is 786. The molecule has 3 rings (SSSR count). The second-order valence-corrected chi connectivity index (χ2v) is 6.84. The average Bonchev–Trinajstić information content (AvgIpc) is 2.62. The van der Waals surface area contributed by atoms with Gasteiger partial charge in [0.1, 0.15) is 0 Å². The topological polar surface area (TPSA) is 62.3 Å². The lowest BCUT2D eigenvalue weighted by molar-refractivity contribution is 0.0697. The van der Waals surface area contributed by atoms with Gasteiger partial charge >= 0.3 is 0 Å². The number of benzene rings is 1.